The van der Waals surface area contributed by atoms with E-state index in [1.165, 1.54) is 0 Å². The fourth-order valence-electron chi connectivity index (χ4n) is 1.37. The molecule has 0 spiro atoms. The van der Waals surface area contributed by atoms with E-state index >= 15 is 0 Å². The van der Waals surface area contributed by atoms with Gasteiger partial charge in [0.25, 0.3) is 0 Å². The lowest BCUT2D eigenvalue weighted by molar-refractivity contribution is -0.0414. The van der Waals surface area contributed by atoms with Gasteiger partial charge in [0.05, 0.1) is 33.0 Å². The predicted octanol–water partition coefficient (Wildman–Crippen LogP) is 1.90. The Balaban J connectivity index is 4.57. The summed E-state index contributed by atoms with van der Waals surface area (Å²) in [7, 11) is -4.50. The highest BCUT2D eigenvalue weighted by Gasteiger charge is 2.32. The van der Waals surface area contributed by atoms with Crippen molar-refractivity contribution in [2.24, 2.45) is 5.41 Å². The number of ether oxygens (including phenoxy) is 2. The van der Waals surface area contributed by atoms with Gasteiger partial charge in [-0.3, -0.25) is 4.52 Å². The van der Waals surface area contributed by atoms with E-state index in [0.29, 0.717) is 19.6 Å². The molecule has 0 atom stereocenters. The van der Waals surface area contributed by atoms with Crippen LogP contribution in [0.4, 0.5) is 0 Å². The molecule has 0 unspecified atom stereocenters. The van der Waals surface area contributed by atoms with E-state index in [2.05, 4.69) is 17.7 Å². The van der Waals surface area contributed by atoms with Crippen LogP contribution in [-0.2, 0) is 18.6 Å². The van der Waals surface area contributed by atoms with Crippen molar-refractivity contribution in [2.75, 3.05) is 33.0 Å². The van der Waals surface area contributed by atoms with E-state index in [4.69, 9.17) is 19.3 Å². The van der Waals surface area contributed by atoms with Gasteiger partial charge in [-0.15, -0.1) is 13.2 Å². The van der Waals surface area contributed by atoms with E-state index in [0.717, 1.165) is 0 Å². The normalized spacial score (nSPS) is 12.4. The van der Waals surface area contributed by atoms with Crippen LogP contribution in [0.5, 0.6) is 0 Å². The van der Waals surface area contributed by atoms with Crippen molar-refractivity contribution >= 4 is 7.82 Å². The minimum atomic E-state index is -4.50. The standard InChI is InChI=1S/C12H23O6P/c1-4-7-16-9-12(6-3,10-17-8-5-2)11-18-19(13,14)15/h4-5H,1-2,6-11H2,3H3,(H2,13,14,15). The molecule has 112 valence electrons. The maximum absolute atomic E-state index is 10.8. The number of hydrogen-bond donors (Lipinski definition) is 2. The first-order valence-electron chi connectivity index (χ1n) is 5.96. The third-order valence-corrected chi connectivity index (χ3v) is 3.04. The zero-order valence-electron chi connectivity index (χ0n) is 11.3. The van der Waals surface area contributed by atoms with Crippen LogP contribution in [0.3, 0.4) is 0 Å². The van der Waals surface area contributed by atoms with E-state index in [1.54, 1.807) is 12.2 Å². The highest BCUT2D eigenvalue weighted by atomic mass is 31.2. The van der Waals surface area contributed by atoms with Gasteiger partial charge in [0, 0.05) is 5.41 Å². The lowest BCUT2D eigenvalue weighted by atomic mass is 9.88. The molecule has 7 heteroatoms. The van der Waals surface area contributed by atoms with Gasteiger partial charge in [-0.2, -0.15) is 0 Å². The number of rotatable bonds is 12. The highest BCUT2D eigenvalue weighted by molar-refractivity contribution is 7.46. The Kier molecular flexibility index (Phi) is 9.18. The summed E-state index contributed by atoms with van der Waals surface area (Å²) in [6, 6.07) is 0. The highest BCUT2D eigenvalue weighted by Crippen LogP contribution is 2.39. The van der Waals surface area contributed by atoms with E-state index in [-0.39, 0.29) is 19.8 Å². The first-order chi connectivity index (χ1) is 8.89. The molecule has 0 saturated carbocycles. The third-order valence-electron chi connectivity index (χ3n) is 2.58. The van der Waals surface area contributed by atoms with Crippen LogP contribution in [0.15, 0.2) is 25.3 Å². The van der Waals surface area contributed by atoms with Gasteiger partial charge in [0.2, 0.25) is 0 Å². The van der Waals surface area contributed by atoms with Crippen LogP contribution in [0.1, 0.15) is 13.3 Å². The van der Waals surface area contributed by atoms with Gasteiger partial charge in [-0.05, 0) is 6.42 Å². The second kappa shape index (κ2) is 9.42. The molecule has 0 aromatic heterocycles. The molecule has 0 aliphatic carbocycles. The topological polar surface area (TPSA) is 85.2 Å². The lowest BCUT2D eigenvalue weighted by Crippen LogP contribution is -2.36. The van der Waals surface area contributed by atoms with Gasteiger partial charge >= 0.3 is 7.82 Å². The van der Waals surface area contributed by atoms with Crippen molar-refractivity contribution in [3.8, 4) is 0 Å². The molecule has 0 rings (SSSR count). The second-order valence-corrected chi connectivity index (χ2v) is 5.46. The van der Waals surface area contributed by atoms with Crippen LogP contribution >= 0.6 is 7.82 Å². The van der Waals surface area contributed by atoms with Crippen LogP contribution < -0.4 is 0 Å². The minimum absolute atomic E-state index is 0.137. The SMILES string of the molecule is C=CCOCC(CC)(COCC=C)COP(=O)(O)O. The summed E-state index contributed by atoms with van der Waals surface area (Å²) in [6.45, 7) is 10.1. The molecule has 2 N–H and O–H groups in total. The molecule has 0 fully saturated rings. The van der Waals surface area contributed by atoms with Crippen LogP contribution in [0.2, 0.25) is 0 Å². The van der Waals surface area contributed by atoms with Crippen molar-refractivity contribution in [3.63, 3.8) is 0 Å². The summed E-state index contributed by atoms with van der Waals surface area (Å²) >= 11 is 0. The molecule has 0 aromatic carbocycles. The smallest absolute Gasteiger partial charge is 0.377 e. The maximum Gasteiger partial charge on any atom is 0.469 e. The van der Waals surface area contributed by atoms with E-state index in [9.17, 15) is 4.57 Å². The molecule has 19 heavy (non-hydrogen) atoms. The van der Waals surface area contributed by atoms with Gasteiger partial charge < -0.3 is 19.3 Å². The summed E-state index contributed by atoms with van der Waals surface area (Å²) in [5.74, 6) is 0. The zero-order chi connectivity index (χ0) is 14.8. The van der Waals surface area contributed by atoms with Gasteiger partial charge in [-0.25, -0.2) is 4.57 Å². The van der Waals surface area contributed by atoms with Crippen molar-refractivity contribution < 1.29 is 28.3 Å². The Morgan fingerprint density at radius 1 is 1.11 bits per heavy atom. The molecule has 0 radical (unpaired) electrons. The lowest BCUT2D eigenvalue weighted by Gasteiger charge is -2.31. The molecule has 0 aliphatic heterocycles. The Bertz CT molecular complexity index is 297. The van der Waals surface area contributed by atoms with Crippen LogP contribution in [0, 0.1) is 5.41 Å². The monoisotopic (exact) mass is 294 g/mol. The summed E-state index contributed by atoms with van der Waals surface area (Å²) in [4.78, 5) is 17.6. The molecule has 0 bridgehead atoms. The molecular weight excluding hydrogens is 271 g/mol. The van der Waals surface area contributed by atoms with Crippen molar-refractivity contribution in [3.05, 3.63) is 25.3 Å². The maximum atomic E-state index is 10.8. The Labute approximate surface area is 114 Å². The Morgan fingerprint density at radius 3 is 1.89 bits per heavy atom. The van der Waals surface area contributed by atoms with Crippen molar-refractivity contribution in [1.29, 1.82) is 0 Å². The van der Waals surface area contributed by atoms with Gasteiger partial charge in [0.15, 0.2) is 0 Å². The largest absolute Gasteiger partial charge is 0.469 e. The summed E-state index contributed by atoms with van der Waals surface area (Å²) < 4.78 is 26.2. The van der Waals surface area contributed by atoms with Gasteiger partial charge in [-0.1, -0.05) is 19.1 Å². The first kappa shape index (κ1) is 18.5. The number of phosphoric acid groups is 1. The fourth-order valence-corrected chi connectivity index (χ4v) is 1.81. The van der Waals surface area contributed by atoms with Gasteiger partial charge in [0.1, 0.15) is 0 Å². The number of phosphoric ester groups is 1. The molecule has 0 aliphatic rings. The summed E-state index contributed by atoms with van der Waals surface area (Å²) in [5.41, 5.74) is -0.604. The van der Waals surface area contributed by atoms with Crippen LogP contribution in [0.25, 0.3) is 0 Å². The quantitative estimate of drug-likeness (QED) is 0.325. The molecule has 6 nitrogen and oxygen atoms in total. The molecule has 0 heterocycles. The van der Waals surface area contributed by atoms with Crippen molar-refractivity contribution in [1.82, 2.24) is 0 Å². The first-order valence-corrected chi connectivity index (χ1v) is 7.49. The summed E-state index contributed by atoms with van der Waals surface area (Å²) in [5, 5.41) is 0. The summed E-state index contributed by atoms with van der Waals surface area (Å²) in [6.07, 6.45) is 3.81. The zero-order valence-corrected chi connectivity index (χ0v) is 12.2. The second-order valence-electron chi connectivity index (χ2n) is 4.23. The molecule has 0 aromatic rings. The third kappa shape index (κ3) is 9.10. The molecular formula is C12H23O6P. The Morgan fingerprint density at radius 2 is 1.58 bits per heavy atom. The average molecular weight is 294 g/mol. The minimum Gasteiger partial charge on any atom is -0.377 e. The molecule has 0 amide bonds. The number of hydrogen-bond acceptors (Lipinski definition) is 4. The average Bonchev–Trinajstić information content (AvgIpc) is 2.35. The van der Waals surface area contributed by atoms with E-state index < -0.39 is 13.2 Å². The fraction of sp³-hybridized carbons (Fsp3) is 0.667. The Hall–Kier alpha value is -0.490. The van der Waals surface area contributed by atoms with E-state index in [1.807, 2.05) is 6.92 Å². The predicted molar refractivity (Wildman–Crippen MR) is 72.8 cm³/mol. The van der Waals surface area contributed by atoms with Crippen molar-refractivity contribution in [2.45, 2.75) is 13.3 Å². The molecule has 0 saturated heterocycles. The van der Waals surface area contributed by atoms with Crippen LogP contribution in [-0.4, -0.2) is 42.8 Å².